The van der Waals surface area contributed by atoms with Crippen LogP contribution in [0.15, 0.2) is 30.3 Å². The first-order valence-electron chi connectivity index (χ1n) is 9.92. The summed E-state index contributed by atoms with van der Waals surface area (Å²) in [6.45, 7) is 6.71. The lowest BCUT2D eigenvalue weighted by molar-refractivity contribution is -0.120. The number of anilines is 1. The van der Waals surface area contributed by atoms with Crippen molar-refractivity contribution in [1.29, 1.82) is 0 Å². The molecule has 0 saturated carbocycles. The monoisotopic (exact) mass is 436 g/mol. The van der Waals surface area contributed by atoms with Crippen molar-refractivity contribution in [2.24, 2.45) is 5.92 Å². The van der Waals surface area contributed by atoms with Gasteiger partial charge in [0, 0.05) is 18.5 Å². The molecule has 0 spiro atoms. The van der Waals surface area contributed by atoms with Crippen LogP contribution in [0.5, 0.6) is 0 Å². The molecule has 158 valence electrons. The van der Waals surface area contributed by atoms with Crippen LogP contribution >= 0.6 is 11.3 Å². The Labute approximate surface area is 176 Å². The fraction of sp³-hybridized carbons (Fsp3) is 0.550. The van der Waals surface area contributed by atoms with Gasteiger partial charge < -0.3 is 5.32 Å². The van der Waals surface area contributed by atoms with Crippen LogP contribution in [0.25, 0.3) is 0 Å². The molecule has 0 bridgehead atoms. The molecular formula is C20H28N4O3S2. The zero-order chi connectivity index (χ0) is 21.1. The summed E-state index contributed by atoms with van der Waals surface area (Å²) < 4.78 is 26.1. The number of hydrogen-bond donors (Lipinski definition) is 1. The number of sulfonamides is 1. The van der Waals surface area contributed by atoms with Crippen molar-refractivity contribution in [3.05, 3.63) is 40.9 Å². The van der Waals surface area contributed by atoms with Crippen molar-refractivity contribution < 1.29 is 13.2 Å². The van der Waals surface area contributed by atoms with Gasteiger partial charge in [-0.3, -0.25) is 4.79 Å². The lowest BCUT2D eigenvalue weighted by Gasteiger charge is -2.30. The van der Waals surface area contributed by atoms with Gasteiger partial charge in [0.15, 0.2) is 0 Å². The van der Waals surface area contributed by atoms with Crippen LogP contribution in [0, 0.1) is 5.92 Å². The van der Waals surface area contributed by atoms with E-state index in [1.54, 1.807) is 0 Å². The molecule has 1 aromatic heterocycles. The molecule has 1 N–H and O–H groups in total. The second kappa shape index (κ2) is 8.89. The fourth-order valence-corrected chi connectivity index (χ4v) is 5.97. The van der Waals surface area contributed by atoms with E-state index in [2.05, 4.69) is 29.4 Å². The molecular weight excluding hydrogens is 408 g/mol. The number of amides is 1. The third-order valence-electron chi connectivity index (χ3n) is 5.30. The zero-order valence-corrected chi connectivity index (χ0v) is 18.7. The number of piperidine rings is 1. The van der Waals surface area contributed by atoms with Gasteiger partial charge in [-0.15, -0.1) is 10.2 Å². The van der Waals surface area contributed by atoms with Gasteiger partial charge in [-0.05, 0) is 38.7 Å². The minimum Gasteiger partial charge on any atom is -0.300 e. The van der Waals surface area contributed by atoms with Crippen molar-refractivity contribution >= 4 is 32.4 Å². The Balaban J connectivity index is 1.67. The molecule has 9 heteroatoms. The molecule has 1 atom stereocenters. The van der Waals surface area contributed by atoms with Gasteiger partial charge >= 0.3 is 0 Å². The summed E-state index contributed by atoms with van der Waals surface area (Å²) in [5, 5.41) is 12.5. The van der Waals surface area contributed by atoms with Crippen molar-refractivity contribution in [3.8, 4) is 0 Å². The van der Waals surface area contributed by atoms with E-state index in [1.807, 2.05) is 37.3 Å². The smallest absolute Gasteiger partial charge is 0.230 e. The third kappa shape index (κ3) is 5.02. The second-order valence-electron chi connectivity index (χ2n) is 7.91. The Morgan fingerprint density at radius 3 is 2.69 bits per heavy atom. The average molecular weight is 437 g/mol. The lowest BCUT2D eigenvalue weighted by atomic mass is 9.85. The van der Waals surface area contributed by atoms with Gasteiger partial charge in [-0.2, -0.15) is 0 Å². The van der Waals surface area contributed by atoms with Crippen molar-refractivity contribution in [3.63, 3.8) is 0 Å². The number of hydrogen-bond acceptors (Lipinski definition) is 6. The molecule has 1 aliphatic heterocycles. The Morgan fingerprint density at radius 1 is 1.28 bits per heavy atom. The van der Waals surface area contributed by atoms with Crippen LogP contribution in [-0.2, 0) is 20.2 Å². The molecule has 1 aliphatic rings. The molecule has 2 aromatic rings. The number of nitrogens with one attached hydrogen (secondary N) is 1. The van der Waals surface area contributed by atoms with E-state index < -0.39 is 10.0 Å². The Morgan fingerprint density at radius 2 is 2.00 bits per heavy atom. The SMILES string of the molecule is CCCS(=O)(=O)N1CCCC(C(=O)Nc2nnc(C(C)(C)c3ccccc3)s2)C1. The van der Waals surface area contributed by atoms with Gasteiger partial charge in [-0.1, -0.05) is 48.6 Å². The van der Waals surface area contributed by atoms with Gasteiger partial charge in [0.25, 0.3) is 0 Å². The van der Waals surface area contributed by atoms with Crippen LogP contribution in [0.3, 0.4) is 0 Å². The summed E-state index contributed by atoms with van der Waals surface area (Å²) >= 11 is 1.36. The molecule has 0 radical (unpaired) electrons. The van der Waals surface area contributed by atoms with Crippen molar-refractivity contribution in [1.82, 2.24) is 14.5 Å². The fourth-order valence-electron chi connectivity index (χ4n) is 3.51. The van der Waals surface area contributed by atoms with Crippen LogP contribution in [0.1, 0.15) is 50.6 Å². The first kappa shape index (κ1) is 21.9. The van der Waals surface area contributed by atoms with Crippen molar-refractivity contribution in [2.75, 3.05) is 24.2 Å². The summed E-state index contributed by atoms with van der Waals surface area (Å²) in [6.07, 6.45) is 1.93. The standard InChI is InChI=1S/C20H28N4O3S2/c1-4-13-29(26,27)24-12-8-9-15(14-24)17(25)21-19-23-22-18(28-19)20(2,3)16-10-6-5-7-11-16/h5-7,10-11,15H,4,8-9,12-14H2,1-3H3,(H,21,23,25). The molecule has 1 aromatic carbocycles. The predicted molar refractivity (Wildman–Crippen MR) is 115 cm³/mol. The number of carbonyl (C=O) groups excluding carboxylic acids is 1. The molecule has 29 heavy (non-hydrogen) atoms. The van der Waals surface area contributed by atoms with E-state index in [4.69, 9.17) is 0 Å². The Hall–Kier alpha value is -1.84. The van der Waals surface area contributed by atoms with E-state index in [-0.39, 0.29) is 29.5 Å². The third-order valence-corrected chi connectivity index (χ3v) is 8.50. The molecule has 1 amide bonds. The first-order chi connectivity index (χ1) is 13.7. The normalized spacial score (nSPS) is 18.5. The number of carbonyl (C=O) groups is 1. The van der Waals surface area contributed by atoms with Crippen LogP contribution in [0.2, 0.25) is 0 Å². The topological polar surface area (TPSA) is 92.3 Å². The molecule has 0 aliphatic carbocycles. The highest BCUT2D eigenvalue weighted by atomic mass is 32.2. The highest BCUT2D eigenvalue weighted by Gasteiger charge is 2.33. The summed E-state index contributed by atoms with van der Waals surface area (Å²) in [5.74, 6) is -0.443. The van der Waals surface area contributed by atoms with Crippen LogP contribution < -0.4 is 5.32 Å². The summed E-state index contributed by atoms with van der Waals surface area (Å²) in [7, 11) is -3.29. The number of aromatic nitrogens is 2. The first-order valence-corrected chi connectivity index (χ1v) is 12.3. The van der Waals surface area contributed by atoms with Gasteiger partial charge in [-0.25, -0.2) is 12.7 Å². The molecule has 3 rings (SSSR count). The van der Waals surface area contributed by atoms with E-state index in [1.165, 1.54) is 15.6 Å². The maximum absolute atomic E-state index is 12.7. The van der Waals surface area contributed by atoms with E-state index in [0.717, 1.165) is 10.6 Å². The highest BCUT2D eigenvalue weighted by Crippen LogP contribution is 2.34. The molecule has 1 unspecified atom stereocenters. The van der Waals surface area contributed by atoms with Crippen LogP contribution in [0.4, 0.5) is 5.13 Å². The second-order valence-corrected chi connectivity index (χ2v) is 11.0. The quantitative estimate of drug-likeness (QED) is 0.719. The summed E-state index contributed by atoms with van der Waals surface area (Å²) in [4.78, 5) is 12.7. The number of rotatable bonds is 7. The van der Waals surface area contributed by atoms with Crippen LogP contribution in [-0.4, -0.2) is 47.7 Å². The predicted octanol–water partition coefficient (Wildman–Crippen LogP) is 3.25. The average Bonchev–Trinajstić information content (AvgIpc) is 3.18. The molecule has 2 heterocycles. The Kier molecular flexibility index (Phi) is 6.70. The van der Waals surface area contributed by atoms with E-state index >= 15 is 0 Å². The van der Waals surface area contributed by atoms with Gasteiger partial charge in [0.05, 0.1) is 11.7 Å². The largest absolute Gasteiger partial charge is 0.300 e. The van der Waals surface area contributed by atoms with Crippen molar-refractivity contribution in [2.45, 2.75) is 45.4 Å². The van der Waals surface area contributed by atoms with Gasteiger partial charge in [0.2, 0.25) is 21.1 Å². The molecule has 1 saturated heterocycles. The lowest BCUT2D eigenvalue weighted by Crippen LogP contribution is -2.44. The highest BCUT2D eigenvalue weighted by molar-refractivity contribution is 7.89. The number of benzene rings is 1. The molecule has 7 nitrogen and oxygen atoms in total. The summed E-state index contributed by atoms with van der Waals surface area (Å²) in [6, 6.07) is 10.0. The van der Waals surface area contributed by atoms with E-state index in [9.17, 15) is 13.2 Å². The zero-order valence-electron chi connectivity index (χ0n) is 17.1. The maximum atomic E-state index is 12.7. The van der Waals surface area contributed by atoms with E-state index in [0.29, 0.717) is 30.9 Å². The van der Waals surface area contributed by atoms with Gasteiger partial charge in [0.1, 0.15) is 5.01 Å². The maximum Gasteiger partial charge on any atom is 0.230 e. The summed E-state index contributed by atoms with van der Waals surface area (Å²) in [5.41, 5.74) is 0.802. The minimum atomic E-state index is -3.29. The Bertz CT molecular complexity index is 942. The minimum absolute atomic E-state index is 0.121. The number of nitrogens with zero attached hydrogens (tertiary/aromatic N) is 3. The molecule has 1 fully saturated rings.